The molecule has 10 heteroatoms. The van der Waals surface area contributed by atoms with Gasteiger partial charge in [-0.3, -0.25) is 24.5 Å². The van der Waals surface area contributed by atoms with E-state index in [1.807, 2.05) is 0 Å². The van der Waals surface area contributed by atoms with Gasteiger partial charge in [-0.05, 0) is 36.8 Å². The van der Waals surface area contributed by atoms with E-state index in [1.54, 1.807) is 37.3 Å². The number of para-hydroxylation sites is 1. The van der Waals surface area contributed by atoms with Crippen LogP contribution in [0.1, 0.15) is 23.6 Å². The number of rotatable bonds is 5. The van der Waals surface area contributed by atoms with Gasteiger partial charge in [-0.15, -0.1) is 0 Å². The van der Waals surface area contributed by atoms with Gasteiger partial charge in [-0.2, -0.15) is 0 Å². The number of carboxylic acid groups (broad SMARTS) is 2. The number of aromatic hydroxyl groups is 1. The molecule has 0 bridgehead atoms. The first-order chi connectivity index (χ1) is 15.1. The molecule has 32 heavy (non-hydrogen) atoms. The molecule has 2 aromatic rings. The van der Waals surface area contributed by atoms with Crippen LogP contribution in [0.5, 0.6) is 5.75 Å². The molecule has 4 rings (SSSR count). The molecule has 2 aliphatic heterocycles. The number of aliphatic carboxylic acids is 2. The summed E-state index contributed by atoms with van der Waals surface area (Å²) in [5.74, 6) is -7.35. The van der Waals surface area contributed by atoms with Crippen molar-refractivity contribution in [1.82, 2.24) is 5.32 Å². The van der Waals surface area contributed by atoms with Gasteiger partial charge in [0.1, 0.15) is 11.3 Å². The zero-order chi connectivity index (χ0) is 23.4. The molecule has 4 N–H and O–H groups in total. The minimum Gasteiger partial charge on any atom is -0.508 e. The molecule has 2 amide bonds. The fourth-order valence-corrected chi connectivity index (χ4v) is 5.15. The number of nitrogens with one attached hydrogen (secondary N) is 1. The smallest absolute Gasteiger partial charge is 0.325 e. The lowest BCUT2D eigenvalue weighted by molar-refractivity contribution is -0.154. The van der Waals surface area contributed by atoms with E-state index >= 15 is 0 Å². The van der Waals surface area contributed by atoms with E-state index in [-0.39, 0.29) is 11.3 Å². The Balaban J connectivity index is 1.93. The number of benzene rings is 2. The van der Waals surface area contributed by atoms with Crippen LogP contribution in [-0.2, 0) is 19.2 Å². The fraction of sp³-hybridized carbons (Fsp3) is 0.273. The molecule has 0 aromatic heterocycles. The van der Waals surface area contributed by atoms with Gasteiger partial charge in [0.2, 0.25) is 11.8 Å². The quantitative estimate of drug-likeness (QED) is 0.455. The van der Waals surface area contributed by atoms with E-state index in [0.717, 1.165) is 4.90 Å². The molecule has 2 fully saturated rings. The average Bonchev–Trinajstić information content (AvgIpc) is 3.19. The number of carbonyl (C=O) groups is 4. The van der Waals surface area contributed by atoms with Crippen LogP contribution in [-0.4, -0.2) is 44.6 Å². The second-order valence-electron chi connectivity index (χ2n) is 7.97. The van der Waals surface area contributed by atoms with Gasteiger partial charge >= 0.3 is 11.9 Å². The lowest BCUT2D eigenvalue weighted by Gasteiger charge is -2.30. The summed E-state index contributed by atoms with van der Waals surface area (Å²) in [5, 5.41) is 32.7. The van der Waals surface area contributed by atoms with Gasteiger partial charge in [0.05, 0.1) is 23.9 Å². The van der Waals surface area contributed by atoms with Gasteiger partial charge < -0.3 is 15.3 Å². The summed E-state index contributed by atoms with van der Waals surface area (Å²) in [4.78, 5) is 52.1. The minimum atomic E-state index is -2.24. The van der Waals surface area contributed by atoms with Gasteiger partial charge in [-0.25, -0.2) is 4.90 Å². The van der Waals surface area contributed by atoms with Crippen molar-refractivity contribution in [2.24, 2.45) is 11.8 Å². The Morgan fingerprint density at radius 3 is 2.44 bits per heavy atom. The molecule has 2 heterocycles. The second-order valence-corrected chi connectivity index (χ2v) is 8.89. The van der Waals surface area contributed by atoms with Crippen LogP contribution < -0.4 is 10.2 Å². The van der Waals surface area contributed by atoms with Gasteiger partial charge in [0, 0.05) is 16.1 Å². The Bertz CT molecular complexity index is 1170. The minimum absolute atomic E-state index is 0.190. The Kier molecular flexibility index (Phi) is 5.30. The molecule has 9 nitrogen and oxygen atoms in total. The number of halogens is 1. The van der Waals surface area contributed by atoms with E-state index in [2.05, 4.69) is 21.2 Å². The second kappa shape index (κ2) is 7.72. The number of fused-ring (bicyclic) bond motifs is 1. The third-order valence-electron chi connectivity index (χ3n) is 6.15. The van der Waals surface area contributed by atoms with Crippen LogP contribution in [0.25, 0.3) is 0 Å². The molecular formula is C22H19BrN2O7. The van der Waals surface area contributed by atoms with Crippen LogP contribution in [0.3, 0.4) is 0 Å². The van der Waals surface area contributed by atoms with Crippen LogP contribution in [0.2, 0.25) is 0 Å². The number of nitrogens with zero attached hydrogens (tertiary/aromatic N) is 1. The summed E-state index contributed by atoms with van der Waals surface area (Å²) in [6, 6.07) is 10.0. The summed E-state index contributed by atoms with van der Waals surface area (Å²) in [6.07, 6.45) is -0.921. The van der Waals surface area contributed by atoms with E-state index in [4.69, 9.17) is 0 Å². The lowest BCUT2D eigenvalue weighted by atomic mass is 9.77. The number of phenolic OH excluding ortho intramolecular Hbond substituents is 1. The van der Waals surface area contributed by atoms with Crippen LogP contribution in [0.4, 0.5) is 5.69 Å². The Morgan fingerprint density at radius 2 is 1.81 bits per heavy atom. The predicted molar refractivity (Wildman–Crippen MR) is 115 cm³/mol. The van der Waals surface area contributed by atoms with Crippen molar-refractivity contribution in [3.8, 4) is 5.75 Å². The maximum absolute atomic E-state index is 13.6. The molecule has 2 aliphatic rings. The topological polar surface area (TPSA) is 144 Å². The molecule has 2 saturated heterocycles. The molecule has 4 atom stereocenters. The van der Waals surface area contributed by atoms with Crippen molar-refractivity contribution in [2.75, 3.05) is 4.90 Å². The Labute approximate surface area is 190 Å². The number of aryl methyl sites for hydroxylation is 1. The first-order valence-corrected chi connectivity index (χ1v) is 10.5. The van der Waals surface area contributed by atoms with Gasteiger partial charge in [0.25, 0.3) is 0 Å². The van der Waals surface area contributed by atoms with Crippen molar-refractivity contribution in [1.29, 1.82) is 0 Å². The van der Waals surface area contributed by atoms with Gasteiger partial charge in [0.15, 0.2) is 0 Å². The Morgan fingerprint density at radius 1 is 1.12 bits per heavy atom. The summed E-state index contributed by atoms with van der Waals surface area (Å²) < 4.78 is 0.558. The average molecular weight is 503 g/mol. The van der Waals surface area contributed by atoms with E-state index in [0.29, 0.717) is 15.7 Å². The molecule has 4 unspecified atom stereocenters. The standard InChI is InChI=1S/C22H19BrN2O7/c1-10-4-2-3-5-13(10)25-19(29)16-17(20(25)30)22(21(31)32,9-15(27)28)24-18(16)12-8-11(23)6-7-14(12)26/h2-8,16-18,24,26H,9H2,1H3,(H,27,28)(H,31,32). The number of phenols is 1. The summed E-state index contributed by atoms with van der Waals surface area (Å²) >= 11 is 3.29. The van der Waals surface area contributed by atoms with Crippen molar-refractivity contribution in [3.05, 3.63) is 58.1 Å². The largest absolute Gasteiger partial charge is 0.508 e. The fourth-order valence-electron chi connectivity index (χ4n) is 4.77. The number of carbonyl (C=O) groups excluding carboxylic acids is 2. The number of imide groups is 1. The van der Waals surface area contributed by atoms with Crippen molar-refractivity contribution >= 4 is 45.4 Å². The van der Waals surface area contributed by atoms with Crippen molar-refractivity contribution < 1.29 is 34.5 Å². The first-order valence-electron chi connectivity index (χ1n) is 9.73. The highest BCUT2D eigenvalue weighted by molar-refractivity contribution is 9.10. The molecular weight excluding hydrogens is 484 g/mol. The molecule has 0 saturated carbocycles. The predicted octanol–water partition coefficient (Wildman–Crippen LogP) is 2.21. The van der Waals surface area contributed by atoms with E-state index in [9.17, 15) is 34.5 Å². The third kappa shape index (κ3) is 3.18. The van der Waals surface area contributed by atoms with Crippen LogP contribution in [0, 0.1) is 18.8 Å². The highest BCUT2D eigenvalue weighted by Gasteiger charge is 2.69. The monoisotopic (exact) mass is 502 g/mol. The molecule has 2 aromatic carbocycles. The van der Waals surface area contributed by atoms with Crippen LogP contribution in [0.15, 0.2) is 46.9 Å². The zero-order valence-corrected chi connectivity index (χ0v) is 18.4. The summed E-state index contributed by atoms with van der Waals surface area (Å²) in [6.45, 7) is 1.71. The third-order valence-corrected chi connectivity index (χ3v) is 6.64. The maximum Gasteiger partial charge on any atom is 0.325 e. The summed E-state index contributed by atoms with van der Waals surface area (Å²) in [7, 11) is 0. The van der Waals surface area contributed by atoms with E-state index in [1.165, 1.54) is 12.1 Å². The Hall–Kier alpha value is -3.24. The molecule has 0 spiro atoms. The van der Waals surface area contributed by atoms with Crippen molar-refractivity contribution in [3.63, 3.8) is 0 Å². The number of anilines is 1. The molecule has 166 valence electrons. The molecule has 0 aliphatic carbocycles. The zero-order valence-electron chi connectivity index (χ0n) is 16.8. The SMILES string of the molecule is Cc1ccccc1N1C(=O)C2C(c3cc(Br)ccc3O)NC(CC(=O)O)(C(=O)O)C2C1=O. The summed E-state index contributed by atoms with van der Waals surface area (Å²) in [5.41, 5.74) is -1.11. The highest BCUT2D eigenvalue weighted by Crippen LogP contribution is 2.52. The first kappa shape index (κ1) is 22.0. The number of hydrogen-bond donors (Lipinski definition) is 4. The highest BCUT2D eigenvalue weighted by atomic mass is 79.9. The normalized spacial score (nSPS) is 26.9. The van der Waals surface area contributed by atoms with Crippen LogP contribution >= 0.6 is 15.9 Å². The number of hydrogen-bond acceptors (Lipinski definition) is 6. The number of carboxylic acids is 2. The van der Waals surface area contributed by atoms with E-state index < -0.39 is 53.6 Å². The van der Waals surface area contributed by atoms with Gasteiger partial charge in [-0.1, -0.05) is 34.1 Å². The molecule has 0 radical (unpaired) electrons. The lowest BCUT2D eigenvalue weighted by Crippen LogP contribution is -2.57. The van der Waals surface area contributed by atoms with Crippen molar-refractivity contribution in [2.45, 2.75) is 24.9 Å². The number of amides is 2. The maximum atomic E-state index is 13.6.